The Morgan fingerprint density at radius 1 is 0.413 bits per heavy atom. The maximum Gasteiger partial charge on any atom is 0.330 e. The fraction of sp³-hybridized carbons (Fsp3) is 0.565. The van der Waals surface area contributed by atoms with Crippen LogP contribution in [0.25, 0.3) is 33.5 Å². The lowest BCUT2D eigenvalue weighted by Gasteiger charge is -2.36. The molecule has 0 aromatic carbocycles. The number of anilines is 3. The number of nitrogens with two attached hydrogens (primary N) is 3. The summed E-state index contributed by atoms with van der Waals surface area (Å²) in [6.07, 6.45) is -14.8. The molecule has 0 saturated carbocycles. The lowest BCUT2D eigenvalue weighted by atomic mass is 10.1. The first kappa shape index (κ1) is 94.4. The first-order chi connectivity index (χ1) is 59.5. The second kappa shape index (κ2) is 37.8. The van der Waals surface area contributed by atoms with Crippen LogP contribution < -0.4 is 81.0 Å². The predicted octanol–water partition coefficient (Wildman–Crippen LogP) is -2.12. The van der Waals surface area contributed by atoms with Gasteiger partial charge in [-0.15, -0.1) is 0 Å². The van der Waals surface area contributed by atoms with Crippen LogP contribution in [0.15, 0.2) is 83.8 Å². The van der Waals surface area contributed by atoms with Gasteiger partial charge in [0.15, 0.2) is 40.9 Å². The van der Waals surface area contributed by atoms with Crippen LogP contribution in [-0.2, 0) is 159 Å². The highest BCUT2D eigenvalue weighted by Crippen LogP contribution is 2.56. The molecule has 24 atom stereocenters. The van der Waals surface area contributed by atoms with Crippen LogP contribution in [0.2, 0.25) is 0 Å². The number of rotatable bonds is 35. The van der Waals surface area contributed by atoms with Gasteiger partial charge in [-0.05, 0) is 27.2 Å². The number of hydrogen-bond donors (Lipinski definition) is 7. The topological polar surface area (TPSA) is 692 Å². The van der Waals surface area contributed by atoms with E-state index in [1.54, 1.807) is 6.92 Å². The van der Waals surface area contributed by atoms with Crippen molar-refractivity contribution < 1.29 is 112 Å². The molecule has 6 saturated heterocycles. The number of aromatic amines is 4. The number of nitrogens with zero attached hydrogens (tertiary/aromatic N) is 14. The Hall–Kier alpha value is -6.20. The SMILES string of the molecule is CC[C@H]1O[C@@H](n2cc(C)c(=O)[nH]c2=O)C[C@H]1OP([O-])(=S)OC[C@H]1O[C@@H](n2cnc3c(N)ncnc32)C[C@H]1OP(=O)([S-])OC[C@H]1O[C@@H](n2cnc3c(N)ncnc32)C[C@H]1OP([O-])(=S)OC[C@H]1O[C@@H](n2cc(C)c(=O)[nH]c2=O)C[C@H]1OP([O-])(=S)OC[C@H]1O[C@@H](n2cnc3c(=O)[nH]c(N)nc32)C[C@H]1OP([O-])(=S)OC[C@H]1O[C@@H](n2cc(C)c(=O)[nH]c2=O)C[C@H]1OP([O-])(=S)OC. The zero-order chi connectivity index (χ0) is 90.2. The number of nitrogen functional groups attached to an aromatic ring is 3. The summed E-state index contributed by atoms with van der Waals surface area (Å²) in [5.41, 5.74) is 13.5. The van der Waals surface area contributed by atoms with Crippen molar-refractivity contribution in [3.05, 3.63) is 140 Å². The number of fused-ring (bicyclic) bond motifs is 3. The molecular weight excluding hydrogens is 1910 g/mol. The lowest BCUT2D eigenvalue weighted by molar-refractivity contribution is -0.221. The second-order valence-corrected chi connectivity index (χ2v) is 45.5. The molecule has 6 unspecified atom stereocenters. The molecular formula is C62H75N21O31P6S6-6. The predicted molar refractivity (Wildman–Crippen MR) is 444 cm³/mol. The highest BCUT2D eigenvalue weighted by Gasteiger charge is 2.48. The van der Waals surface area contributed by atoms with Crippen molar-refractivity contribution in [1.29, 1.82) is 0 Å². The number of aromatic nitrogens is 18. The Kier molecular flexibility index (Phi) is 28.3. The van der Waals surface area contributed by atoms with Gasteiger partial charge >= 0.3 is 17.1 Å². The molecule has 6 fully saturated rings. The van der Waals surface area contributed by atoms with Crippen LogP contribution in [0.3, 0.4) is 0 Å². The molecule has 10 N–H and O–H groups in total. The van der Waals surface area contributed by atoms with Gasteiger partial charge in [0, 0.05) is 80.9 Å². The Morgan fingerprint density at radius 2 is 0.706 bits per heavy atom. The van der Waals surface area contributed by atoms with Crippen molar-refractivity contribution in [2.24, 2.45) is 0 Å². The summed E-state index contributed by atoms with van der Waals surface area (Å²) in [6, 6.07) is 0. The van der Waals surface area contributed by atoms with Crippen molar-refractivity contribution in [2.75, 3.05) is 57.3 Å². The van der Waals surface area contributed by atoms with E-state index in [1.165, 1.54) is 76.7 Å². The first-order valence-electron chi connectivity index (χ1n) is 37.7. The molecule has 6 aliphatic rings. The van der Waals surface area contributed by atoms with Crippen molar-refractivity contribution in [3.63, 3.8) is 0 Å². The summed E-state index contributed by atoms with van der Waals surface area (Å²) in [6.45, 7) is -26.3. The highest BCUT2D eigenvalue weighted by atomic mass is 32.7. The number of ether oxygens (including phenoxy) is 6. The Bertz CT molecular complexity index is 6400. The highest BCUT2D eigenvalue weighted by molar-refractivity contribution is 8.32. The van der Waals surface area contributed by atoms with Crippen LogP contribution in [-0.4, -0.2) is 201 Å². The van der Waals surface area contributed by atoms with Gasteiger partial charge in [0.1, 0.15) is 125 Å². The summed E-state index contributed by atoms with van der Waals surface area (Å²) in [4.78, 5) is 203. The molecule has 9 aromatic heterocycles. The third kappa shape index (κ3) is 21.4. The van der Waals surface area contributed by atoms with E-state index in [9.17, 15) is 62.6 Å². The van der Waals surface area contributed by atoms with Gasteiger partial charge in [-0.1, -0.05) is 66.0 Å². The quantitative estimate of drug-likeness (QED) is 0.0165. The molecule has 64 heteroatoms. The fourth-order valence-electron chi connectivity index (χ4n) is 14.7. The van der Waals surface area contributed by atoms with E-state index in [2.05, 4.69) is 59.8 Å². The Labute approximate surface area is 737 Å². The maximum absolute atomic E-state index is 14.9. The van der Waals surface area contributed by atoms with Gasteiger partial charge in [-0.2, -0.15) is 4.98 Å². The van der Waals surface area contributed by atoms with Crippen LogP contribution >= 0.6 is 40.4 Å². The van der Waals surface area contributed by atoms with Crippen LogP contribution in [0.1, 0.15) is 106 Å². The second-order valence-electron chi connectivity index (χ2n) is 29.2. The number of H-pyrrole nitrogens is 4. The van der Waals surface area contributed by atoms with E-state index in [1.807, 2.05) is 0 Å². The Balaban J connectivity index is 0.644. The summed E-state index contributed by atoms with van der Waals surface area (Å²) >= 11 is 32.4. The van der Waals surface area contributed by atoms with Crippen molar-refractivity contribution in [2.45, 2.75) is 183 Å². The lowest BCUT2D eigenvalue weighted by Crippen LogP contribution is -2.34. The standard InChI is InChI=1S/C62H81N21O31P6S6/c1-6-29-30(7-41(103-29)78-13-26(2)55(84)75-60(78)88)110-116(92,122)98-18-38-33(10-44(106-38)81-23-70-47-50(63)66-21-68-52(47)81)113-120(96,126)101-19-39-34(11-45(107-39)82-24-71-48-51(64)67-22-69-53(48)82)112-119(95,125)100-17-37-32(9-43(105-37)80-15-28(4)57(86)77-62(80)90)111-117(93,123)102-20-40-35(12-46(108-40)83-25-72-49-54(83)73-59(65)74-58(49)87)114-118(94,124)99-16-36-31(109-115(91,121)97-5)8-42(104-36)79-14-27(3)56(85)76-61(79)89/h13-15,21-25,29-46H,6-12,16-20H2,1-5H3,(H,91,121)(H,92,122)(H,93,123)(H,94,124)(H,95,125)(H,96,126)(H2,63,66,68)(H2,64,67,69)(H,75,84,88)(H,76,85,89)(H,77,86,90)(H3,65,73,74,87)/p-6/t29-,30-,31-,32-,33-,34-,35-,36-,37-,38-,39-,40-,41-,42-,43-,44-,45-,46-,115?,116?,117?,118?,119?,120?/m1/s1. The van der Waals surface area contributed by atoms with E-state index in [0.29, 0.717) is 6.42 Å². The normalized spacial score (nSPS) is 29.4. The van der Waals surface area contributed by atoms with Crippen LogP contribution in [0.5, 0.6) is 0 Å². The van der Waals surface area contributed by atoms with Crippen molar-refractivity contribution in [1.82, 2.24) is 87.2 Å². The maximum atomic E-state index is 14.9. The zero-order valence-electron chi connectivity index (χ0n) is 65.8. The van der Waals surface area contributed by atoms with Gasteiger partial charge in [-0.25, -0.2) is 49.3 Å². The third-order valence-corrected chi connectivity index (χ3v) is 30.3. The van der Waals surface area contributed by atoms with Gasteiger partial charge in [0.05, 0.1) is 94.7 Å². The van der Waals surface area contributed by atoms with E-state index in [0.717, 1.165) is 28.8 Å². The van der Waals surface area contributed by atoms with Crippen LogP contribution in [0, 0.1) is 20.8 Å². The molecule has 126 heavy (non-hydrogen) atoms. The molecule has 0 spiro atoms. The molecule has 52 nitrogen and oxygen atoms in total. The average Bonchev–Trinajstić information content (AvgIpc) is 1.63. The van der Waals surface area contributed by atoms with E-state index < -0.39 is 230 Å². The third-order valence-electron chi connectivity index (χ3n) is 20.8. The number of imidazole rings is 3. The average molecular weight is 1990 g/mol. The first-order valence-corrected chi connectivity index (χ1v) is 53.0. The molecule has 15 heterocycles. The van der Waals surface area contributed by atoms with E-state index in [-0.39, 0.29) is 99.9 Å². The minimum atomic E-state index is -4.98. The fourth-order valence-corrected chi connectivity index (χ4v) is 23.0. The van der Waals surface area contributed by atoms with Gasteiger partial charge in [0.25, 0.3) is 22.2 Å². The summed E-state index contributed by atoms with van der Waals surface area (Å²) < 4.78 is 130. The number of aryl methyl sites for hydroxylation is 3. The van der Waals surface area contributed by atoms with Crippen molar-refractivity contribution in [3.8, 4) is 0 Å². The van der Waals surface area contributed by atoms with Gasteiger partial charge in [-0.3, -0.25) is 71.1 Å². The number of hydrogen-bond acceptors (Lipinski definition) is 48. The Morgan fingerprint density at radius 3 is 1.05 bits per heavy atom. The zero-order valence-corrected chi connectivity index (χ0v) is 76.0. The van der Waals surface area contributed by atoms with Gasteiger partial charge in [0.2, 0.25) is 5.95 Å². The summed E-state index contributed by atoms with van der Waals surface area (Å²) in [5.74, 6) is -0.318. The minimum Gasteiger partial charge on any atom is -0.780 e. The minimum absolute atomic E-state index is 0.0169. The summed E-state index contributed by atoms with van der Waals surface area (Å²) in [7, 11) is 1.02. The molecule has 686 valence electrons. The molecule has 15 rings (SSSR count). The van der Waals surface area contributed by atoms with Crippen molar-refractivity contribution >= 4 is 163 Å². The molecule has 6 aliphatic heterocycles. The smallest absolute Gasteiger partial charge is 0.330 e. The molecule has 0 bridgehead atoms. The summed E-state index contributed by atoms with van der Waals surface area (Å²) in [5, 5.41) is 0. The van der Waals surface area contributed by atoms with Crippen LogP contribution in [0.4, 0.5) is 17.6 Å². The molecule has 0 amide bonds. The largest absolute Gasteiger partial charge is 0.780 e. The van der Waals surface area contributed by atoms with E-state index in [4.69, 9.17) is 171 Å². The number of nitrogens with one attached hydrogen (secondary N) is 4. The molecule has 0 aliphatic carbocycles. The monoisotopic (exact) mass is 1990 g/mol. The molecule has 0 radical (unpaired) electrons. The van der Waals surface area contributed by atoms with Gasteiger partial charge < -0.3 is 137 Å². The molecule has 9 aromatic rings. The van der Waals surface area contributed by atoms with E-state index >= 15 is 0 Å².